The van der Waals surface area contributed by atoms with Crippen molar-refractivity contribution in [3.63, 3.8) is 0 Å². The van der Waals surface area contributed by atoms with E-state index in [0.29, 0.717) is 19.6 Å². The van der Waals surface area contributed by atoms with Crippen molar-refractivity contribution in [2.45, 2.75) is 25.9 Å². The lowest BCUT2D eigenvalue weighted by atomic mass is 10.1. The predicted molar refractivity (Wildman–Crippen MR) is 35.6 cm³/mol. The van der Waals surface area contributed by atoms with Crippen LogP contribution >= 0.6 is 0 Å². The minimum absolute atomic E-state index is 0.103. The molecule has 3 heteroatoms. The predicted octanol–water partition coefficient (Wildman–Crippen LogP) is 0.729. The Kier molecular flexibility index (Phi) is 2.68. The zero-order valence-corrected chi connectivity index (χ0v) is 6.13. The van der Waals surface area contributed by atoms with Crippen molar-refractivity contribution in [1.82, 2.24) is 0 Å². The Morgan fingerprint density at radius 3 is 3.20 bits per heavy atom. The van der Waals surface area contributed by atoms with Gasteiger partial charge in [0.15, 0.2) is 0 Å². The Morgan fingerprint density at radius 1 is 1.80 bits per heavy atom. The molecule has 0 aromatic carbocycles. The number of ether oxygens (including phenoxy) is 2. The summed E-state index contributed by atoms with van der Waals surface area (Å²) >= 11 is 0. The van der Waals surface area contributed by atoms with Crippen LogP contribution in [0.3, 0.4) is 0 Å². The Balaban J connectivity index is 2.25. The first-order valence-corrected chi connectivity index (χ1v) is 3.60. The third kappa shape index (κ3) is 1.99. The van der Waals surface area contributed by atoms with Crippen molar-refractivity contribution in [2.24, 2.45) is 0 Å². The number of hydrogen-bond acceptors (Lipinski definition) is 3. The van der Waals surface area contributed by atoms with Gasteiger partial charge in [0.1, 0.15) is 0 Å². The highest BCUT2D eigenvalue weighted by Gasteiger charge is 2.20. The monoisotopic (exact) mass is 144 g/mol. The van der Waals surface area contributed by atoms with Crippen molar-refractivity contribution in [2.75, 3.05) is 13.2 Å². The minimum Gasteiger partial charge on any atom is -0.465 e. The summed E-state index contributed by atoms with van der Waals surface area (Å²) in [6.07, 6.45) is 1.37. The van der Waals surface area contributed by atoms with Crippen LogP contribution in [0.25, 0.3) is 0 Å². The molecule has 58 valence electrons. The fraction of sp³-hybridized carbons (Fsp3) is 0.857. The third-order valence-corrected chi connectivity index (χ3v) is 1.50. The summed E-state index contributed by atoms with van der Waals surface area (Å²) in [5.41, 5.74) is 0. The summed E-state index contributed by atoms with van der Waals surface area (Å²) in [5, 5.41) is 0. The summed E-state index contributed by atoms with van der Waals surface area (Å²) in [4.78, 5) is 10.6. The highest BCUT2D eigenvalue weighted by Crippen LogP contribution is 2.10. The summed E-state index contributed by atoms with van der Waals surface area (Å²) in [5.74, 6) is -0.135. The molecule has 0 aromatic rings. The first-order chi connectivity index (χ1) is 4.83. The average Bonchev–Trinajstić information content (AvgIpc) is 1.88. The van der Waals surface area contributed by atoms with Gasteiger partial charge in [0.05, 0.1) is 19.1 Å². The van der Waals surface area contributed by atoms with Gasteiger partial charge >= 0.3 is 5.97 Å². The van der Waals surface area contributed by atoms with Gasteiger partial charge in [0.2, 0.25) is 0 Å². The van der Waals surface area contributed by atoms with Crippen LogP contribution < -0.4 is 0 Å². The standard InChI is InChI=1S/C7H12O3/c1-2-9-6-3-4-10-7(8)5-6/h6H,2-5H2,1H3. The second-order valence-electron chi connectivity index (χ2n) is 2.29. The van der Waals surface area contributed by atoms with Crippen molar-refractivity contribution in [3.8, 4) is 0 Å². The van der Waals surface area contributed by atoms with Gasteiger partial charge < -0.3 is 9.47 Å². The fourth-order valence-corrected chi connectivity index (χ4v) is 1.03. The Hall–Kier alpha value is -0.570. The number of carbonyl (C=O) groups excluding carboxylic acids is 1. The number of carbonyl (C=O) groups is 1. The molecule has 0 aromatic heterocycles. The van der Waals surface area contributed by atoms with Gasteiger partial charge in [-0.05, 0) is 6.92 Å². The molecule has 0 amide bonds. The van der Waals surface area contributed by atoms with Gasteiger partial charge in [-0.2, -0.15) is 0 Å². The summed E-state index contributed by atoms with van der Waals surface area (Å²) < 4.78 is 9.99. The lowest BCUT2D eigenvalue weighted by molar-refractivity contribution is -0.153. The molecule has 1 heterocycles. The molecule has 0 saturated carbocycles. The highest BCUT2D eigenvalue weighted by molar-refractivity contribution is 5.70. The van der Waals surface area contributed by atoms with Gasteiger partial charge in [-0.15, -0.1) is 0 Å². The van der Waals surface area contributed by atoms with E-state index in [0.717, 1.165) is 6.42 Å². The zero-order chi connectivity index (χ0) is 7.40. The van der Waals surface area contributed by atoms with E-state index in [1.807, 2.05) is 6.92 Å². The second-order valence-corrected chi connectivity index (χ2v) is 2.29. The normalized spacial score (nSPS) is 26.1. The fourth-order valence-electron chi connectivity index (χ4n) is 1.03. The number of rotatable bonds is 2. The van der Waals surface area contributed by atoms with Crippen LogP contribution in [0.4, 0.5) is 0 Å². The molecular formula is C7H12O3. The molecule has 1 aliphatic heterocycles. The molecule has 1 atom stereocenters. The van der Waals surface area contributed by atoms with Crippen LogP contribution in [-0.2, 0) is 14.3 Å². The maximum absolute atomic E-state index is 10.6. The quantitative estimate of drug-likeness (QED) is 0.536. The molecule has 1 saturated heterocycles. The molecule has 0 bridgehead atoms. The molecule has 1 rings (SSSR count). The number of esters is 1. The second kappa shape index (κ2) is 3.56. The lowest BCUT2D eigenvalue weighted by Crippen LogP contribution is -2.27. The van der Waals surface area contributed by atoms with E-state index >= 15 is 0 Å². The molecule has 1 fully saturated rings. The van der Waals surface area contributed by atoms with Gasteiger partial charge in [0, 0.05) is 13.0 Å². The highest BCUT2D eigenvalue weighted by atomic mass is 16.5. The Bertz CT molecular complexity index is 120. The summed E-state index contributed by atoms with van der Waals surface area (Å²) in [6, 6.07) is 0. The third-order valence-electron chi connectivity index (χ3n) is 1.50. The van der Waals surface area contributed by atoms with Crippen LogP contribution in [-0.4, -0.2) is 25.3 Å². The van der Waals surface area contributed by atoms with E-state index in [1.54, 1.807) is 0 Å². The van der Waals surface area contributed by atoms with Crippen LogP contribution in [0.15, 0.2) is 0 Å². The molecule has 1 aliphatic rings. The van der Waals surface area contributed by atoms with E-state index in [-0.39, 0.29) is 12.1 Å². The minimum atomic E-state index is -0.135. The summed E-state index contributed by atoms with van der Waals surface area (Å²) in [7, 11) is 0. The molecule has 0 aliphatic carbocycles. The number of hydrogen-bond donors (Lipinski definition) is 0. The van der Waals surface area contributed by atoms with Gasteiger partial charge in [0.25, 0.3) is 0 Å². The first kappa shape index (κ1) is 7.54. The molecule has 0 spiro atoms. The molecule has 3 nitrogen and oxygen atoms in total. The van der Waals surface area contributed by atoms with Gasteiger partial charge in [-0.25, -0.2) is 0 Å². The molecule has 0 radical (unpaired) electrons. The van der Waals surface area contributed by atoms with E-state index in [2.05, 4.69) is 0 Å². The van der Waals surface area contributed by atoms with E-state index in [9.17, 15) is 4.79 Å². The van der Waals surface area contributed by atoms with Crippen molar-refractivity contribution < 1.29 is 14.3 Å². The molecular weight excluding hydrogens is 132 g/mol. The lowest BCUT2D eigenvalue weighted by Gasteiger charge is -2.20. The largest absolute Gasteiger partial charge is 0.465 e. The van der Waals surface area contributed by atoms with E-state index < -0.39 is 0 Å². The smallest absolute Gasteiger partial charge is 0.308 e. The Morgan fingerprint density at radius 2 is 2.60 bits per heavy atom. The van der Waals surface area contributed by atoms with Crippen LogP contribution in [0.5, 0.6) is 0 Å². The van der Waals surface area contributed by atoms with E-state index in [4.69, 9.17) is 9.47 Å². The van der Waals surface area contributed by atoms with Crippen molar-refractivity contribution in [3.05, 3.63) is 0 Å². The average molecular weight is 144 g/mol. The topological polar surface area (TPSA) is 35.5 Å². The zero-order valence-electron chi connectivity index (χ0n) is 6.13. The van der Waals surface area contributed by atoms with Crippen LogP contribution in [0.1, 0.15) is 19.8 Å². The van der Waals surface area contributed by atoms with Gasteiger partial charge in [-0.1, -0.05) is 0 Å². The molecule has 10 heavy (non-hydrogen) atoms. The maximum Gasteiger partial charge on any atom is 0.308 e. The maximum atomic E-state index is 10.6. The SMILES string of the molecule is CCOC1CCOC(=O)C1. The van der Waals surface area contributed by atoms with E-state index in [1.165, 1.54) is 0 Å². The first-order valence-electron chi connectivity index (χ1n) is 3.60. The van der Waals surface area contributed by atoms with Crippen molar-refractivity contribution in [1.29, 1.82) is 0 Å². The van der Waals surface area contributed by atoms with Crippen LogP contribution in [0, 0.1) is 0 Å². The van der Waals surface area contributed by atoms with Gasteiger partial charge in [-0.3, -0.25) is 4.79 Å². The Labute approximate surface area is 60.3 Å². The van der Waals surface area contributed by atoms with Crippen LogP contribution in [0.2, 0.25) is 0 Å². The van der Waals surface area contributed by atoms with Crippen molar-refractivity contribution >= 4 is 5.97 Å². The number of cyclic esters (lactones) is 1. The molecule has 0 N–H and O–H groups in total. The molecule has 1 unspecified atom stereocenters. The summed E-state index contributed by atoms with van der Waals surface area (Å²) in [6.45, 7) is 3.13.